The number of methoxy groups -OCH3 is 1. The van der Waals surface area contributed by atoms with Gasteiger partial charge in [0.25, 0.3) is 0 Å². The molecule has 0 bridgehead atoms. The number of pyridine rings is 1. The summed E-state index contributed by atoms with van der Waals surface area (Å²) >= 11 is 0. The van der Waals surface area contributed by atoms with Crippen LogP contribution in [0.2, 0.25) is 0 Å². The van der Waals surface area contributed by atoms with Gasteiger partial charge in [-0.3, -0.25) is 0 Å². The highest BCUT2D eigenvalue weighted by Gasteiger charge is 2.10. The number of hydrogen-bond acceptors (Lipinski definition) is 4. The van der Waals surface area contributed by atoms with E-state index in [0.717, 1.165) is 11.5 Å². The summed E-state index contributed by atoms with van der Waals surface area (Å²) in [6.07, 6.45) is 0.438. The predicted octanol–water partition coefficient (Wildman–Crippen LogP) is 3.14. The molecule has 1 heterocycles. The van der Waals surface area contributed by atoms with Gasteiger partial charge in [-0.1, -0.05) is 24.3 Å². The molecule has 0 saturated carbocycles. The number of ether oxygens (including phenoxy) is 1. The van der Waals surface area contributed by atoms with Crippen LogP contribution in [0.15, 0.2) is 48.5 Å². The summed E-state index contributed by atoms with van der Waals surface area (Å²) in [5, 5.41) is 8.79. The van der Waals surface area contributed by atoms with Gasteiger partial charge in [0.05, 0.1) is 19.6 Å². The van der Waals surface area contributed by atoms with E-state index in [1.807, 2.05) is 47.4 Å². The number of para-hydroxylation sites is 1. The van der Waals surface area contributed by atoms with E-state index in [9.17, 15) is 0 Å². The van der Waals surface area contributed by atoms with Gasteiger partial charge in [0.1, 0.15) is 5.82 Å². The largest absolute Gasteiger partial charge is 0.481 e. The van der Waals surface area contributed by atoms with Crippen LogP contribution in [-0.2, 0) is 0 Å². The molecule has 4 heteroatoms. The van der Waals surface area contributed by atoms with Crippen LogP contribution in [0.5, 0.6) is 5.88 Å². The van der Waals surface area contributed by atoms with E-state index in [-0.39, 0.29) is 0 Å². The van der Waals surface area contributed by atoms with Crippen molar-refractivity contribution in [2.24, 2.45) is 0 Å². The fourth-order valence-corrected chi connectivity index (χ4v) is 1.81. The fraction of sp³-hybridized carbons (Fsp3) is 0.200. The lowest BCUT2D eigenvalue weighted by atomic mass is 10.2. The molecule has 0 saturated heterocycles. The maximum absolute atomic E-state index is 8.79. The Balaban J connectivity index is 2.34. The maximum Gasteiger partial charge on any atom is 0.214 e. The lowest BCUT2D eigenvalue weighted by molar-refractivity contribution is 0.398. The molecule has 0 fully saturated rings. The molecule has 0 aliphatic rings. The van der Waals surface area contributed by atoms with Crippen LogP contribution >= 0.6 is 0 Å². The van der Waals surface area contributed by atoms with Crippen molar-refractivity contribution in [3.05, 3.63) is 48.5 Å². The molecule has 0 N–H and O–H groups in total. The second-order valence-corrected chi connectivity index (χ2v) is 3.93. The van der Waals surface area contributed by atoms with Crippen LogP contribution in [0.1, 0.15) is 6.42 Å². The minimum Gasteiger partial charge on any atom is -0.481 e. The van der Waals surface area contributed by atoms with Gasteiger partial charge >= 0.3 is 0 Å². The summed E-state index contributed by atoms with van der Waals surface area (Å²) in [7, 11) is 1.59. The number of aromatic nitrogens is 1. The Kier molecular flexibility index (Phi) is 4.35. The molecule has 0 atom stereocenters. The van der Waals surface area contributed by atoms with Crippen molar-refractivity contribution >= 4 is 11.5 Å². The molecule has 96 valence electrons. The first-order valence-corrected chi connectivity index (χ1v) is 6.05. The SMILES string of the molecule is COc1cccc(N(CCC#N)c2ccccc2)n1. The van der Waals surface area contributed by atoms with Gasteiger partial charge in [-0.15, -0.1) is 0 Å². The van der Waals surface area contributed by atoms with Gasteiger partial charge in [-0.2, -0.15) is 10.2 Å². The van der Waals surface area contributed by atoms with Gasteiger partial charge < -0.3 is 9.64 Å². The minimum absolute atomic E-state index is 0.438. The first-order chi connectivity index (χ1) is 9.35. The number of nitrogens with zero attached hydrogens (tertiary/aromatic N) is 3. The zero-order valence-electron chi connectivity index (χ0n) is 10.8. The fourth-order valence-electron chi connectivity index (χ4n) is 1.81. The van der Waals surface area contributed by atoms with Crippen molar-refractivity contribution in [2.45, 2.75) is 6.42 Å². The lowest BCUT2D eigenvalue weighted by Gasteiger charge is -2.23. The summed E-state index contributed by atoms with van der Waals surface area (Å²) < 4.78 is 5.14. The Morgan fingerprint density at radius 3 is 2.63 bits per heavy atom. The van der Waals surface area contributed by atoms with Crippen LogP contribution in [0.3, 0.4) is 0 Å². The molecule has 2 rings (SSSR count). The van der Waals surface area contributed by atoms with E-state index in [4.69, 9.17) is 10.00 Å². The lowest BCUT2D eigenvalue weighted by Crippen LogP contribution is -2.19. The molecule has 1 aromatic heterocycles. The summed E-state index contributed by atoms with van der Waals surface area (Å²) in [4.78, 5) is 6.42. The standard InChI is InChI=1S/C15H15N3O/c1-19-15-10-5-9-14(17-15)18(12-6-11-16)13-7-3-2-4-8-13/h2-5,7-10H,6,12H2,1H3. The van der Waals surface area contributed by atoms with Crippen LogP contribution in [0.4, 0.5) is 11.5 Å². The summed E-state index contributed by atoms with van der Waals surface area (Å²) in [5.41, 5.74) is 1.01. The normalized spacial score (nSPS) is 9.68. The van der Waals surface area contributed by atoms with Gasteiger partial charge in [-0.05, 0) is 18.2 Å². The Bertz CT molecular complexity index is 563. The molecular formula is C15H15N3O. The summed E-state index contributed by atoms with van der Waals surface area (Å²) in [6.45, 7) is 0.598. The molecular weight excluding hydrogens is 238 g/mol. The van der Waals surface area contributed by atoms with Gasteiger partial charge in [-0.25, -0.2) is 0 Å². The van der Waals surface area contributed by atoms with Crippen molar-refractivity contribution in [1.29, 1.82) is 5.26 Å². The summed E-state index contributed by atoms with van der Waals surface area (Å²) in [5.74, 6) is 1.34. The number of benzene rings is 1. The topological polar surface area (TPSA) is 49.1 Å². The third kappa shape index (κ3) is 3.23. The van der Waals surface area contributed by atoms with E-state index < -0.39 is 0 Å². The highest BCUT2D eigenvalue weighted by molar-refractivity contribution is 5.60. The first-order valence-electron chi connectivity index (χ1n) is 6.05. The Morgan fingerprint density at radius 2 is 1.95 bits per heavy atom. The zero-order valence-corrected chi connectivity index (χ0v) is 10.8. The molecule has 19 heavy (non-hydrogen) atoms. The van der Waals surface area contributed by atoms with Gasteiger partial charge in [0.2, 0.25) is 5.88 Å². The molecule has 0 unspecified atom stereocenters. The molecule has 4 nitrogen and oxygen atoms in total. The highest BCUT2D eigenvalue weighted by Crippen LogP contribution is 2.25. The van der Waals surface area contributed by atoms with Crippen molar-refractivity contribution in [3.63, 3.8) is 0 Å². The first kappa shape index (κ1) is 12.9. The van der Waals surface area contributed by atoms with Crippen LogP contribution in [0.25, 0.3) is 0 Å². The third-order valence-electron chi connectivity index (χ3n) is 2.71. The average molecular weight is 253 g/mol. The number of rotatable bonds is 5. The zero-order chi connectivity index (χ0) is 13.5. The van der Waals surface area contributed by atoms with E-state index in [0.29, 0.717) is 18.8 Å². The smallest absolute Gasteiger partial charge is 0.214 e. The van der Waals surface area contributed by atoms with Crippen molar-refractivity contribution < 1.29 is 4.74 Å². The van der Waals surface area contributed by atoms with E-state index >= 15 is 0 Å². The molecule has 1 aromatic carbocycles. The van der Waals surface area contributed by atoms with E-state index in [2.05, 4.69) is 11.1 Å². The van der Waals surface area contributed by atoms with E-state index in [1.54, 1.807) is 13.2 Å². The van der Waals surface area contributed by atoms with Crippen LogP contribution in [0, 0.1) is 11.3 Å². The molecule has 0 amide bonds. The maximum atomic E-state index is 8.79. The Morgan fingerprint density at radius 1 is 1.16 bits per heavy atom. The molecule has 0 radical (unpaired) electrons. The predicted molar refractivity (Wildman–Crippen MR) is 74.5 cm³/mol. The molecule has 0 aliphatic heterocycles. The number of hydrogen-bond donors (Lipinski definition) is 0. The molecule has 0 spiro atoms. The van der Waals surface area contributed by atoms with Crippen LogP contribution < -0.4 is 9.64 Å². The molecule has 0 aliphatic carbocycles. The van der Waals surface area contributed by atoms with E-state index in [1.165, 1.54) is 0 Å². The second kappa shape index (κ2) is 6.41. The molecule has 2 aromatic rings. The minimum atomic E-state index is 0.438. The van der Waals surface area contributed by atoms with Gasteiger partial charge in [0.15, 0.2) is 0 Å². The van der Waals surface area contributed by atoms with Crippen LogP contribution in [-0.4, -0.2) is 18.6 Å². The van der Waals surface area contributed by atoms with Crippen molar-refractivity contribution in [3.8, 4) is 11.9 Å². The number of anilines is 2. The van der Waals surface area contributed by atoms with Crippen molar-refractivity contribution in [1.82, 2.24) is 4.98 Å². The Hall–Kier alpha value is -2.54. The average Bonchev–Trinajstić information content (AvgIpc) is 2.49. The quantitative estimate of drug-likeness (QED) is 0.821. The monoisotopic (exact) mass is 253 g/mol. The third-order valence-corrected chi connectivity index (χ3v) is 2.71. The van der Waals surface area contributed by atoms with Gasteiger partial charge in [0, 0.05) is 18.3 Å². The number of nitriles is 1. The highest BCUT2D eigenvalue weighted by atomic mass is 16.5. The van der Waals surface area contributed by atoms with Crippen molar-refractivity contribution in [2.75, 3.05) is 18.6 Å². The Labute approximate surface area is 112 Å². The second-order valence-electron chi connectivity index (χ2n) is 3.93. The summed E-state index contributed by atoms with van der Waals surface area (Å²) in [6, 6.07) is 17.7.